The van der Waals surface area contributed by atoms with Crippen LogP contribution in [0.25, 0.3) is 0 Å². The molecule has 0 aliphatic carbocycles. The average Bonchev–Trinajstić information content (AvgIpc) is 3.24. The highest BCUT2D eigenvalue weighted by molar-refractivity contribution is 14.0. The summed E-state index contributed by atoms with van der Waals surface area (Å²) in [6.45, 7) is 12.0. The molecule has 0 saturated heterocycles. The van der Waals surface area contributed by atoms with Crippen LogP contribution in [0.3, 0.4) is 0 Å². The normalized spacial score (nSPS) is 11.6. The van der Waals surface area contributed by atoms with Gasteiger partial charge >= 0.3 is 0 Å². The molecule has 0 radical (unpaired) electrons. The van der Waals surface area contributed by atoms with E-state index in [-0.39, 0.29) is 24.0 Å². The molecule has 2 aromatic rings. The van der Waals surface area contributed by atoms with E-state index in [1.54, 1.807) is 23.1 Å². The lowest BCUT2D eigenvalue weighted by Gasteiger charge is -2.12. The summed E-state index contributed by atoms with van der Waals surface area (Å²) in [5.74, 6) is 2.50. The molecule has 2 rings (SSSR count). The molecule has 0 saturated carbocycles. The molecule has 2 aromatic heterocycles. The predicted molar refractivity (Wildman–Crippen MR) is 135 cm³/mol. The number of guanidine groups is 1. The zero-order valence-electron chi connectivity index (χ0n) is 18.1. The largest absolute Gasteiger partial charge is 0.357 e. The van der Waals surface area contributed by atoms with E-state index in [0.29, 0.717) is 5.92 Å². The Labute approximate surface area is 200 Å². The summed E-state index contributed by atoms with van der Waals surface area (Å²) in [6.07, 6.45) is 4.80. The van der Waals surface area contributed by atoms with Crippen molar-refractivity contribution in [1.29, 1.82) is 0 Å². The van der Waals surface area contributed by atoms with Crippen LogP contribution in [0.1, 0.15) is 43.7 Å². The van der Waals surface area contributed by atoms with Gasteiger partial charge in [0.25, 0.3) is 0 Å². The topological polar surface area (TPSA) is 80.0 Å². The molecular weight excluding hydrogens is 517 g/mol. The van der Waals surface area contributed by atoms with Gasteiger partial charge in [0, 0.05) is 44.4 Å². The van der Waals surface area contributed by atoms with Gasteiger partial charge in [-0.15, -0.1) is 45.5 Å². The lowest BCUT2D eigenvalue weighted by atomic mass is 10.2. The Morgan fingerprint density at radius 1 is 1.28 bits per heavy atom. The van der Waals surface area contributed by atoms with Crippen molar-refractivity contribution >= 4 is 53.0 Å². The Morgan fingerprint density at radius 2 is 2.07 bits per heavy atom. The first-order valence-electron chi connectivity index (χ1n) is 9.92. The monoisotopic (exact) mass is 551 g/mol. The molecule has 2 N–H and O–H groups in total. The van der Waals surface area contributed by atoms with Crippen LogP contribution in [0.15, 0.2) is 15.5 Å². The highest BCUT2D eigenvalue weighted by atomic mass is 127. The van der Waals surface area contributed by atoms with Crippen LogP contribution in [0.5, 0.6) is 0 Å². The number of thiazole rings is 1. The summed E-state index contributed by atoms with van der Waals surface area (Å²) >= 11 is 3.35. The summed E-state index contributed by atoms with van der Waals surface area (Å²) in [5, 5.41) is 19.6. The molecule has 29 heavy (non-hydrogen) atoms. The summed E-state index contributed by atoms with van der Waals surface area (Å²) in [4.78, 5) is 9.20. The summed E-state index contributed by atoms with van der Waals surface area (Å²) in [6, 6.07) is 0. The molecule has 0 amide bonds. The summed E-state index contributed by atoms with van der Waals surface area (Å²) in [5.41, 5.74) is 1.14. The van der Waals surface area contributed by atoms with Crippen molar-refractivity contribution in [3.63, 3.8) is 0 Å². The smallest absolute Gasteiger partial charge is 0.191 e. The quantitative estimate of drug-likeness (QED) is 0.146. The lowest BCUT2D eigenvalue weighted by molar-refractivity contribution is 0.477. The van der Waals surface area contributed by atoms with Crippen molar-refractivity contribution in [2.45, 2.75) is 58.7 Å². The molecule has 0 fully saturated rings. The average molecular weight is 552 g/mol. The van der Waals surface area contributed by atoms with E-state index in [4.69, 9.17) is 4.99 Å². The molecule has 0 atom stereocenters. The number of nitrogens with zero attached hydrogens (tertiary/aromatic N) is 5. The number of aryl methyl sites for hydroxylation is 2. The Balaban J connectivity index is 0.00000420. The molecule has 0 aliphatic rings. The van der Waals surface area contributed by atoms with Gasteiger partial charge in [0.1, 0.15) is 5.82 Å². The molecule has 0 spiro atoms. The molecule has 2 heterocycles. The highest BCUT2D eigenvalue weighted by Crippen LogP contribution is 2.16. The van der Waals surface area contributed by atoms with Crippen LogP contribution in [0, 0.1) is 12.8 Å². The number of thioether (sulfide) groups is 1. The van der Waals surface area contributed by atoms with Crippen molar-refractivity contribution in [2.75, 3.05) is 25.9 Å². The van der Waals surface area contributed by atoms with E-state index in [2.05, 4.69) is 62.8 Å². The number of hydrogen-bond acceptors (Lipinski definition) is 6. The maximum atomic E-state index is 4.70. The molecule has 164 valence electrons. The van der Waals surface area contributed by atoms with Crippen LogP contribution in [0.4, 0.5) is 0 Å². The fraction of sp³-hybridized carbons (Fsp3) is 0.684. The maximum absolute atomic E-state index is 4.70. The fourth-order valence-corrected chi connectivity index (χ4v) is 3.98. The third-order valence-electron chi connectivity index (χ3n) is 4.04. The van der Waals surface area contributed by atoms with E-state index in [0.717, 1.165) is 73.1 Å². The molecule has 7 nitrogen and oxygen atoms in total. The molecule has 10 heteroatoms. The van der Waals surface area contributed by atoms with E-state index < -0.39 is 0 Å². The van der Waals surface area contributed by atoms with Crippen molar-refractivity contribution in [3.8, 4) is 0 Å². The van der Waals surface area contributed by atoms with Crippen LogP contribution >= 0.6 is 47.1 Å². The number of halogens is 1. The number of nitrogens with one attached hydrogen (secondary N) is 2. The highest BCUT2D eigenvalue weighted by Gasteiger charge is 2.12. The van der Waals surface area contributed by atoms with E-state index in [1.807, 2.05) is 6.92 Å². The minimum absolute atomic E-state index is 0. The Bertz CT molecular complexity index is 743. The minimum Gasteiger partial charge on any atom is -0.357 e. The Hall–Kier alpha value is -0.880. The number of aliphatic imine (C=N–C) groups is 1. The van der Waals surface area contributed by atoms with Crippen molar-refractivity contribution in [1.82, 2.24) is 30.4 Å². The second-order valence-corrected chi connectivity index (χ2v) is 8.84. The Kier molecular flexibility index (Phi) is 12.8. The molecule has 0 bridgehead atoms. The third-order valence-corrected chi connectivity index (χ3v) is 5.53. The summed E-state index contributed by atoms with van der Waals surface area (Å²) in [7, 11) is 0. The van der Waals surface area contributed by atoms with Crippen LogP contribution in [0.2, 0.25) is 0 Å². The van der Waals surface area contributed by atoms with Crippen LogP contribution in [-0.4, -0.2) is 51.6 Å². The summed E-state index contributed by atoms with van der Waals surface area (Å²) < 4.78 is 2.25. The van der Waals surface area contributed by atoms with Gasteiger partial charge in [0.15, 0.2) is 11.1 Å². The second-order valence-electron chi connectivity index (χ2n) is 7.01. The van der Waals surface area contributed by atoms with Gasteiger partial charge in [-0.2, -0.15) is 0 Å². The first-order chi connectivity index (χ1) is 13.5. The predicted octanol–water partition coefficient (Wildman–Crippen LogP) is 3.77. The number of hydrogen-bond donors (Lipinski definition) is 2. The molecule has 0 aliphatic heterocycles. The van der Waals surface area contributed by atoms with Gasteiger partial charge in [0.05, 0.1) is 10.7 Å². The van der Waals surface area contributed by atoms with Gasteiger partial charge < -0.3 is 15.2 Å². The SMILES string of the molecule is CCNC(=NCCCc1nnc(SC)n1CC(C)C)NCCc1csc(C)n1.I. The van der Waals surface area contributed by atoms with E-state index in [9.17, 15) is 0 Å². The molecule has 0 unspecified atom stereocenters. The first kappa shape index (κ1) is 26.2. The first-order valence-corrected chi connectivity index (χ1v) is 12.0. The number of aromatic nitrogens is 4. The molecule has 0 aromatic carbocycles. The zero-order valence-corrected chi connectivity index (χ0v) is 22.0. The zero-order chi connectivity index (χ0) is 20.4. The number of rotatable bonds is 11. The second kappa shape index (κ2) is 14.2. The van der Waals surface area contributed by atoms with E-state index >= 15 is 0 Å². The van der Waals surface area contributed by atoms with Crippen LogP contribution < -0.4 is 10.6 Å². The van der Waals surface area contributed by atoms with Crippen molar-refractivity contribution in [2.24, 2.45) is 10.9 Å². The van der Waals surface area contributed by atoms with Gasteiger partial charge in [-0.25, -0.2) is 4.98 Å². The maximum Gasteiger partial charge on any atom is 0.191 e. The Morgan fingerprint density at radius 3 is 2.69 bits per heavy atom. The van der Waals surface area contributed by atoms with Gasteiger partial charge in [0.2, 0.25) is 0 Å². The van der Waals surface area contributed by atoms with Crippen LogP contribution in [-0.2, 0) is 19.4 Å². The van der Waals surface area contributed by atoms with Gasteiger partial charge in [-0.1, -0.05) is 25.6 Å². The fourth-order valence-electron chi connectivity index (χ4n) is 2.81. The molecular formula is C19H34IN7S2. The van der Waals surface area contributed by atoms with E-state index in [1.165, 1.54) is 0 Å². The third kappa shape index (κ3) is 9.20. The van der Waals surface area contributed by atoms with Gasteiger partial charge in [-0.3, -0.25) is 4.99 Å². The van der Waals surface area contributed by atoms with Crippen molar-refractivity contribution in [3.05, 3.63) is 21.9 Å². The standard InChI is InChI=1S/C19H33N7S2.HI/c1-6-20-18(22-11-9-16-13-28-15(4)23-16)21-10-7-8-17-24-25-19(27-5)26(17)12-14(2)3;/h13-14H,6-12H2,1-5H3,(H2,20,21,22);1H. The minimum atomic E-state index is 0. The van der Waals surface area contributed by atoms with Gasteiger partial charge in [-0.05, 0) is 32.4 Å². The van der Waals surface area contributed by atoms with Crippen molar-refractivity contribution < 1.29 is 0 Å². The lowest BCUT2D eigenvalue weighted by Crippen LogP contribution is -2.38.